The average molecular weight is 405 g/mol. The molecule has 1 atom stereocenters. The SMILES string of the molecule is O=S(=O)(c1ccccc1)N1CCC(c2cccc(C(F)(F)F)c2)=C2C=CCC21. The van der Waals surface area contributed by atoms with Gasteiger partial charge in [0.15, 0.2) is 0 Å². The molecule has 0 bridgehead atoms. The first-order chi connectivity index (χ1) is 13.3. The Morgan fingerprint density at radius 1 is 1.00 bits per heavy atom. The number of halogens is 3. The number of benzene rings is 2. The minimum Gasteiger partial charge on any atom is -0.207 e. The smallest absolute Gasteiger partial charge is 0.207 e. The molecule has 0 saturated heterocycles. The van der Waals surface area contributed by atoms with Crippen LogP contribution in [0.25, 0.3) is 5.57 Å². The second-order valence-electron chi connectivity index (χ2n) is 6.85. The van der Waals surface area contributed by atoms with Crippen molar-refractivity contribution in [1.82, 2.24) is 4.31 Å². The van der Waals surface area contributed by atoms with Gasteiger partial charge in [-0.1, -0.05) is 42.5 Å². The van der Waals surface area contributed by atoms with Gasteiger partial charge in [0, 0.05) is 6.54 Å². The molecule has 28 heavy (non-hydrogen) atoms. The highest BCUT2D eigenvalue weighted by molar-refractivity contribution is 7.89. The molecule has 1 heterocycles. The molecule has 2 aromatic carbocycles. The first-order valence-electron chi connectivity index (χ1n) is 8.92. The lowest BCUT2D eigenvalue weighted by atomic mass is 9.90. The van der Waals surface area contributed by atoms with Crippen molar-refractivity contribution in [3.63, 3.8) is 0 Å². The molecule has 0 amide bonds. The van der Waals surface area contributed by atoms with Crippen LogP contribution in [-0.4, -0.2) is 25.3 Å². The maximum atomic E-state index is 13.1. The van der Waals surface area contributed by atoms with E-state index in [1.54, 1.807) is 36.4 Å². The minimum atomic E-state index is -4.41. The van der Waals surface area contributed by atoms with Gasteiger partial charge in [-0.15, -0.1) is 0 Å². The molecule has 146 valence electrons. The van der Waals surface area contributed by atoms with Crippen molar-refractivity contribution in [2.24, 2.45) is 0 Å². The molecule has 2 aromatic rings. The summed E-state index contributed by atoms with van der Waals surface area (Å²) in [7, 11) is -3.67. The van der Waals surface area contributed by atoms with Crippen LogP contribution in [-0.2, 0) is 16.2 Å². The van der Waals surface area contributed by atoms with Gasteiger partial charge in [0.05, 0.1) is 16.5 Å². The molecule has 1 aliphatic heterocycles. The van der Waals surface area contributed by atoms with Gasteiger partial charge in [0.1, 0.15) is 0 Å². The van der Waals surface area contributed by atoms with Gasteiger partial charge in [-0.3, -0.25) is 0 Å². The lowest BCUT2D eigenvalue weighted by molar-refractivity contribution is -0.137. The molecule has 0 fully saturated rings. The predicted octanol–water partition coefficient (Wildman–Crippen LogP) is 4.88. The Kier molecular flexibility index (Phi) is 4.67. The number of nitrogens with zero attached hydrogens (tertiary/aromatic N) is 1. The van der Waals surface area contributed by atoms with Crippen molar-refractivity contribution < 1.29 is 21.6 Å². The Bertz CT molecular complexity index is 1060. The Hall–Kier alpha value is -2.38. The molecule has 1 unspecified atom stereocenters. The van der Waals surface area contributed by atoms with Gasteiger partial charge in [-0.2, -0.15) is 17.5 Å². The highest BCUT2D eigenvalue weighted by Crippen LogP contribution is 2.40. The van der Waals surface area contributed by atoms with Crippen molar-refractivity contribution in [1.29, 1.82) is 0 Å². The number of sulfonamides is 1. The van der Waals surface area contributed by atoms with Crippen molar-refractivity contribution in [3.05, 3.63) is 83.4 Å². The summed E-state index contributed by atoms with van der Waals surface area (Å²) in [6.45, 7) is 0.235. The van der Waals surface area contributed by atoms with Gasteiger partial charge in [-0.25, -0.2) is 8.42 Å². The van der Waals surface area contributed by atoms with E-state index >= 15 is 0 Å². The first kappa shape index (κ1) is 19.0. The van der Waals surface area contributed by atoms with E-state index in [0.29, 0.717) is 18.4 Å². The molecule has 0 saturated carbocycles. The fraction of sp³-hybridized carbons (Fsp3) is 0.238. The van der Waals surface area contributed by atoms with Gasteiger partial charge < -0.3 is 0 Å². The average Bonchev–Trinajstić information content (AvgIpc) is 3.17. The predicted molar refractivity (Wildman–Crippen MR) is 101 cm³/mol. The fourth-order valence-electron chi connectivity index (χ4n) is 3.87. The molecular formula is C21H18F3NO2S. The monoisotopic (exact) mass is 405 g/mol. The molecule has 0 aromatic heterocycles. The van der Waals surface area contributed by atoms with E-state index < -0.39 is 21.8 Å². The standard InChI is InChI=1S/C21H18F3NO2S/c22-21(23,24)16-7-4-6-15(14-16)18-12-13-25(20-11-5-10-19(18)20)28(26,27)17-8-2-1-3-9-17/h1-10,14,20H,11-13H2. The number of hydrogen-bond acceptors (Lipinski definition) is 2. The number of fused-ring (bicyclic) bond motifs is 1. The second-order valence-corrected chi connectivity index (χ2v) is 8.74. The van der Waals surface area contributed by atoms with Crippen LogP contribution in [0.5, 0.6) is 0 Å². The van der Waals surface area contributed by atoms with Crippen LogP contribution in [0.15, 0.2) is 77.2 Å². The largest absolute Gasteiger partial charge is 0.416 e. The van der Waals surface area contributed by atoms with Crippen molar-refractivity contribution in [3.8, 4) is 0 Å². The van der Waals surface area contributed by atoms with E-state index in [9.17, 15) is 21.6 Å². The summed E-state index contributed by atoms with van der Waals surface area (Å²) in [6, 6.07) is 13.1. The van der Waals surface area contributed by atoms with Crippen LogP contribution >= 0.6 is 0 Å². The Labute approximate surface area is 161 Å². The Balaban J connectivity index is 1.74. The molecular weight excluding hydrogens is 387 g/mol. The Morgan fingerprint density at radius 3 is 2.46 bits per heavy atom. The van der Waals surface area contributed by atoms with E-state index in [4.69, 9.17) is 0 Å². The zero-order valence-electron chi connectivity index (χ0n) is 14.9. The minimum absolute atomic E-state index is 0.226. The summed E-state index contributed by atoms with van der Waals surface area (Å²) in [5.74, 6) is 0. The van der Waals surface area contributed by atoms with Gasteiger partial charge in [0.25, 0.3) is 0 Å². The van der Waals surface area contributed by atoms with Crippen LogP contribution in [0.3, 0.4) is 0 Å². The van der Waals surface area contributed by atoms with Gasteiger partial charge in [0.2, 0.25) is 10.0 Å². The topological polar surface area (TPSA) is 37.4 Å². The lowest BCUT2D eigenvalue weighted by Crippen LogP contribution is -2.43. The summed E-state index contributed by atoms with van der Waals surface area (Å²) in [5.41, 5.74) is 1.36. The molecule has 7 heteroatoms. The summed E-state index contributed by atoms with van der Waals surface area (Å²) in [4.78, 5) is 0.226. The third-order valence-corrected chi connectivity index (χ3v) is 7.10. The summed E-state index contributed by atoms with van der Waals surface area (Å²) >= 11 is 0. The first-order valence-corrected chi connectivity index (χ1v) is 10.4. The summed E-state index contributed by atoms with van der Waals surface area (Å²) in [6.07, 6.45) is 0.191. The third kappa shape index (κ3) is 3.29. The van der Waals surface area contributed by atoms with E-state index in [0.717, 1.165) is 23.3 Å². The van der Waals surface area contributed by atoms with Crippen LogP contribution < -0.4 is 0 Å². The number of hydrogen-bond donors (Lipinski definition) is 0. The summed E-state index contributed by atoms with van der Waals surface area (Å²) in [5, 5.41) is 0. The Morgan fingerprint density at radius 2 is 1.75 bits per heavy atom. The van der Waals surface area contributed by atoms with Crippen molar-refractivity contribution in [2.45, 2.75) is 30.0 Å². The highest BCUT2D eigenvalue weighted by atomic mass is 32.2. The molecule has 1 aliphatic carbocycles. The fourth-order valence-corrected chi connectivity index (χ4v) is 5.51. The third-order valence-electron chi connectivity index (χ3n) is 5.18. The zero-order valence-corrected chi connectivity index (χ0v) is 15.7. The lowest BCUT2D eigenvalue weighted by Gasteiger charge is -2.35. The maximum absolute atomic E-state index is 13.1. The van der Waals surface area contributed by atoms with Crippen LogP contribution in [0, 0.1) is 0 Å². The van der Waals surface area contributed by atoms with E-state index in [-0.39, 0.29) is 17.5 Å². The maximum Gasteiger partial charge on any atom is 0.416 e. The van der Waals surface area contributed by atoms with Gasteiger partial charge >= 0.3 is 6.18 Å². The quantitative estimate of drug-likeness (QED) is 0.730. The zero-order chi connectivity index (χ0) is 19.9. The van der Waals surface area contributed by atoms with Crippen molar-refractivity contribution in [2.75, 3.05) is 6.54 Å². The van der Waals surface area contributed by atoms with Crippen LogP contribution in [0.1, 0.15) is 24.0 Å². The number of alkyl halides is 3. The second kappa shape index (κ2) is 6.90. The molecule has 3 nitrogen and oxygen atoms in total. The van der Waals surface area contributed by atoms with Gasteiger partial charge in [-0.05, 0) is 53.8 Å². The van der Waals surface area contributed by atoms with E-state index in [1.165, 1.54) is 10.4 Å². The molecule has 4 rings (SSSR count). The van der Waals surface area contributed by atoms with E-state index in [1.807, 2.05) is 12.2 Å². The highest BCUT2D eigenvalue weighted by Gasteiger charge is 2.39. The molecule has 2 aliphatic rings. The van der Waals surface area contributed by atoms with Crippen LogP contribution in [0.2, 0.25) is 0 Å². The summed E-state index contributed by atoms with van der Waals surface area (Å²) < 4.78 is 66.9. The molecule has 0 spiro atoms. The molecule has 0 radical (unpaired) electrons. The molecule has 0 N–H and O–H groups in total. The van der Waals surface area contributed by atoms with E-state index in [2.05, 4.69) is 0 Å². The normalized spacial score (nSPS) is 20.5. The number of rotatable bonds is 3. The van der Waals surface area contributed by atoms with Crippen LogP contribution in [0.4, 0.5) is 13.2 Å². The van der Waals surface area contributed by atoms with Crippen molar-refractivity contribution >= 4 is 15.6 Å².